The number of aliphatic imine (C=N–C) groups is 1. The van der Waals surface area contributed by atoms with Crippen molar-refractivity contribution in [2.75, 3.05) is 6.61 Å². The third kappa shape index (κ3) is 1.38. The molecule has 1 heterocycles. The van der Waals surface area contributed by atoms with Crippen LogP contribution < -0.4 is 0 Å². The topological polar surface area (TPSA) is 21.6 Å². The Bertz CT molecular complexity index is 394. The molecular formula is C10H8ClFNO. The van der Waals surface area contributed by atoms with Crippen molar-refractivity contribution in [3.8, 4) is 0 Å². The highest BCUT2D eigenvalue weighted by molar-refractivity contribution is 6.30. The van der Waals surface area contributed by atoms with Crippen molar-refractivity contribution in [2.24, 2.45) is 4.99 Å². The van der Waals surface area contributed by atoms with Crippen molar-refractivity contribution in [3.63, 3.8) is 0 Å². The van der Waals surface area contributed by atoms with Gasteiger partial charge in [0, 0.05) is 5.56 Å². The molecule has 0 saturated heterocycles. The van der Waals surface area contributed by atoms with Gasteiger partial charge >= 0.3 is 0 Å². The largest absolute Gasteiger partial charge is 0.471 e. The summed E-state index contributed by atoms with van der Waals surface area (Å²) in [6.07, 6.45) is 2.37. The molecule has 0 N–H and O–H groups in total. The summed E-state index contributed by atoms with van der Waals surface area (Å²) in [6.45, 7) is 2.08. The van der Waals surface area contributed by atoms with E-state index in [1.165, 1.54) is 6.07 Å². The molecule has 0 bridgehead atoms. The van der Waals surface area contributed by atoms with Crippen molar-refractivity contribution in [1.82, 2.24) is 0 Å². The van der Waals surface area contributed by atoms with E-state index >= 15 is 0 Å². The van der Waals surface area contributed by atoms with E-state index in [-0.39, 0.29) is 5.02 Å². The molecule has 1 aliphatic rings. The Morgan fingerprint density at radius 3 is 3.07 bits per heavy atom. The van der Waals surface area contributed by atoms with Crippen LogP contribution in [0.3, 0.4) is 0 Å². The molecule has 0 aromatic heterocycles. The lowest BCUT2D eigenvalue weighted by Gasteiger charge is -2.19. The van der Waals surface area contributed by atoms with Crippen LogP contribution in [-0.4, -0.2) is 13.0 Å². The van der Waals surface area contributed by atoms with Crippen molar-refractivity contribution < 1.29 is 9.13 Å². The maximum atomic E-state index is 13.6. The number of ether oxygens (including phenoxy) is 1. The fraction of sp³-hybridized carbons (Fsp3) is 0.300. The molecule has 0 aliphatic carbocycles. The van der Waals surface area contributed by atoms with E-state index < -0.39 is 11.4 Å². The highest BCUT2D eigenvalue weighted by Gasteiger charge is 2.33. The molecule has 4 heteroatoms. The molecule has 1 radical (unpaired) electrons. The smallest absolute Gasteiger partial charge is 0.274 e. The first-order valence-electron chi connectivity index (χ1n) is 4.17. The first kappa shape index (κ1) is 9.46. The van der Waals surface area contributed by atoms with E-state index in [1.807, 2.05) is 0 Å². The zero-order valence-corrected chi connectivity index (χ0v) is 8.31. The van der Waals surface area contributed by atoms with Gasteiger partial charge in [-0.1, -0.05) is 23.7 Å². The number of hydrogen-bond donors (Lipinski definition) is 0. The first-order valence-corrected chi connectivity index (χ1v) is 4.54. The van der Waals surface area contributed by atoms with Gasteiger partial charge in [0.05, 0.1) is 5.02 Å². The summed E-state index contributed by atoms with van der Waals surface area (Å²) in [6, 6.07) is 4.86. The Hall–Kier alpha value is -1.09. The van der Waals surface area contributed by atoms with Crippen LogP contribution in [-0.2, 0) is 10.3 Å². The van der Waals surface area contributed by atoms with Gasteiger partial charge in [-0.3, -0.25) is 0 Å². The lowest BCUT2D eigenvalue weighted by atomic mass is 9.94. The number of hydrogen-bond acceptors (Lipinski definition) is 2. The monoisotopic (exact) mass is 212 g/mol. The maximum Gasteiger partial charge on any atom is 0.274 e. The van der Waals surface area contributed by atoms with Crippen LogP contribution in [0.5, 0.6) is 0 Å². The first-order chi connectivity index (χ1) is 6.63. The second-order valence-corrected chi connectivity index (χ2v) is 3.77. The molecular weight excluding hydrogens is 205 g/mol. The SMILES string of the molecule is CC1(c2cccc(Cl)c2F)CO[C]=N1. The van der Waals surface area contributed by atoms with Crippen LogP contribution in [0.25, 0.3) is 0 Å². The van der Waals surface area contributed by atoms with Gasteiger partial charge in [-0.2, -0.15) is 0 Å². The van der Waals surface area contributed by atoms with E-state index in [0.29, 0.717) is 12.2 Å². The Labute approximate surface area is 86.4 Å². The molecule has 0 fully saturated rings. The van der Waals surface area contributed by atoms with Gasteiger partial charge in [0.15, 0.2) is 0 Å². The van der Waals surface area contributed by atoms with Crippen LogP contribution in [0.4, 0.5) is 4.39 Å². The standard InChI is InChI=1S/C10H8ClFNO/c1-10(5-14-6-13-10)7-3-2-4-8(11)9(7)12/h2-4H,5H2,1H3. The molecule has 0 saturated carbocycles. The molecule has 2 rings (SSSR count). The predicted octanol–water partition coefficient (Wildman–Crippen LogP) is 2.63. The normalized spacial score (nSPS) is 25.1. The highest BCUT2D eigenvalue weighted by Crippen LogP contribution is 2.32. The van der Waals surface area contributed by atoms with Crippen LogP contribution in [0.2, 0.25) is 5.02 Å². The minimum Gasteiger partial charge on any atom is -0.471 e. The van der Waals surface area contributed by atoms with Gasteiger partial charge in [0.25, 0.3) is 6.40 Å². The summed E-state index contributed by atoms with van der Waals surface area (Å²) >= 11 is 5.68. The van der Waals surface area contributed by atoms with Crippen LogP contribution in [0.15, 0.2) is 23.2 Å². The highest BCUT2D eigenvalue weighted by atomic mass is 35.5. The van der Waals surface area contributed by atoms with Gasteiger partial charge in [-0.15, -0.1) is 0 Å². The Morgan fingerprint density at radius 1 is 1.64 bits per heavy atom. The molecule has 14 heavy (non-hydrogen) atoms. The predicted molar refractivity (Wildman–Crippen MR) is 52.1 cm³/mol. The minimum atomic E-state index is -0.699. The van der Waals surface area contributed by atoms with E-state index in [2.05, 4.69) is 11.4 Å². The molecule has 2 nitrogen and oxygen atoms in total. The average molecular weight is 213 g/mol. The molecule has 1 unspecified atom stereocenters. The van der Waals surface area contributed by atoms with Crippen LogP contribution in [0, 0.1) is 5.82 Å². The lowest BCUT2D eigenvalue weighted by molar-refractivity contribution is 0.272. The van der Waals surface area contributed by atoms with Gasteiger partial charge in [-0.05, 0) is 13.0 Å². The average Bonchev–Trinajstić information content (AvgIpc) is 2.58. The van der Waals surface area contributed by atoms with Gasteiger partial charge in [-0.25, -0.2) is 9.38 Å². The van der Waals surface area contributed by atoms with Crippen molar-refractivity contribution >= 4 is 18.0 Å². The minimum absolute atomic E-state index is 0.103. The molecule has 1 aliphatic heterocycles. The molecule has 1 atom stereocenters. The van der Waals surface area contributed by atoms with Crippen molar-refractivity contribution in [3.05, 3.63) is 34.6 Å². The van der Waals surface area contributed by atoms with Crippen molar-refractivity contribution in [2.45, 2.75) is 12.5 Å². The number of rotatable bonds is 1. The Kier molecular flexibility index (Phi) is 2.19. The number of nitrogens with zero attached hydrogens (tertiary/aromatic N) is 1. The summed E-state index contributed by atoms with van der Waals surface area (Å²) in [7, 11) is 0. The van der Waals surface area contributed by atoms with Gasteiger partial charge in [0.1, 0.15) is 18.0 Å². The molecule has 0 amide bonds. The molecule has 1 aromatic rings. The van der Waals surface area contributed by atoms with Gasteiger partial charge in [0.2, 0.25) is 0 Å². The van der Waals surface area contributed by atoms with E-state index in [4.69, 9.17) is 16.3 Å². The Balaban J connectivity index is 2.51. The van der Waals surface area contributed by atoms with E-state index in [1.54, 1.807) is 19.1 Å². The third-order valence-electron chi connectivity index (χ3n) is 2.24. The molecule has 1 aromatic carbocycles. The van der Waals surface area contributed by atoms with E-state index in [9.17, 15) is 4.39 Å². The molecule has 73 valence electrons. The van der Waals surface area contributed by atoms with E-state index in [0.717, 1.165) is 0 Å². The Morgan fingerprint density at radius 2 is 2.43 bits per heavy atom. The number of benzene rings is 1. The summed E-state index contributed by atoms with van der Waals surface area (Å²) in [5.74, 6) is -0.437. The summed E-state index contributed by atoms with van der Waals surface area (Å²) < 4.78 is 18.5. The fourth-order valence-electron chi connectivity index (χ4n) is 1.40. The quantitative estimate of drug-likeness (QED) is 0.701. The zero-order chi connectivity index (χ0) is 10.2. The van der Waals surface area contributed by atoms with Crippen LogP contribution >= 0.6 is 11.6 Å². The second kappa shape index (κ2) is 3.24. The second-order valence-electron chi connectivity index (χ2n) is 3.37. The lowest BCUT2D eigenvalue weighted by Crippen LogP contribution is -2.22. The third-order valence-corrected chi connectivity index (χ3v) is 2.53. The van der Waals surface area contributed by atoms with Gasteiger partial charge < -0.3 is 4.74 Å². The van der Waals surface area contributed by atoms with Crippen LogP contribution in [0.1, 0.15) is 12.5 Å². The maximum absolute atomic E-state index is 13.6. The zero-order valence-electron chi connectivity index (χ0n) is 7.55. The summed E-state index contributed by atoms with van der Waals surface area (Å²) in [5.41, 5.74) is -0.260. The summed E-state index contributed by atoms with van der Waals surface area (Å²) in [4.78, 5) is 3.97. The molecule has 0 spiro atoms. The summed E-state index contributed by atoms with van der Waals surface area (Å²) in [5, 5.41) is 0.103. The fourth-order valence-corrected chi connectivity index (χ4v) is 1.57. The van der Waals surface area contributed by atoms with Crippen molar-refractivity contribution in [1.29, 1.82) is 0 Å². The number of halogens is 2.